The van der Waals surface area contributed by atoms with Crippen molar-refractivity contribution in [3.8, 4) is 6.07 Å². The number of aryl methyl sites for hydroxylation is 1. The van der Waals surface area contributed by atoms with Gasteiger partial charge in [0.25, 0.3) is 0 Å². The van der Waals surface area contributed by atoms with Crippen LogP contribution in [0.1, 0.15) is 60.9 Å². The van der Waals surface area contributed by atoms with E-state index in [2.05, 4.69) is 16.7 Å². The van der Waals surface area contributed by atoms with E-state index >= 15 is 0 Å². The lowest BCUT2D eigenvalue weighted by molar-refractivity contribution is -0.115. The molecule has 0 spiro atoms. The topological polar surface area (TPSA) is 64.9 Å². The van der Waals surface area contributed by atoms with Gasteiger partial charge < -0.3 is 10.6 Å². The Morgan fingerprint density at radius 2 is 1.95 bits per heavy atom. The zero-order valence-electron chi connectivity index (χ0n) is 12.9. The Labute approximate surface area is 135 Å². The summed E-state index contributed by atoms with van der Waals surface area (Å²) in [6.45, 7) is 0.345. The van der Waals surface area contributed by atoms with Gasteiger partial charge >= 0.3 is 0 Å². The lowest BCUT2D eigenvalue weighted by atomic mass is 9.95. The summed E-state index contributed by atoms with van der Waals surface area (Å²) in [4.78, 5) is 13.4. The van der Waals surface area contributed by atoms with Crippen LogP contribution in [0.5, 0.6) is 0 Å². The first-order chi connectivity index (χ1) is 10.8. The Morgan fingerprint density at radius 3 is 2.73 bits per heavy atom. The molecule has 2 aliphatic rings. The van der Waals surface area contributed by atoms with Crippen molar-refractivity contribution < 1.29 is 4.79 Å². The van der Waals surface area contributed by atoms with Crippen molar-refractivity contribution in [3.63, 3.8) is 0 Å². The zero-order valence-corrected chi connectivity index (χ0v) is 13.7. The third-order valence-corrected chi connectivity index (χ3v) is 5.90. The molecule has 2 aliphatic carbocycles. The van der Waals surface area contributed by atoms with Crippen LogP contribution in [0.2, 0.25) is 0 Å². The summed E-state index contributed by atoms with van der Waals surface area (Å²) >= 11 is 1.59. The van der Waals surface area contributed by atoms with E-state index < -0.39 is 0 Å². The summed E-state index contributed by atoms with van der Waals surface area (Å²) in [5.74, 6) is -0.0272. The second-order valence-corrected chi connectivity index (χ2v) is 7.40. The van der Waals surface area contributed by atoms with E-state index in [0.717, 1.165) is 24.3 Å². The molecular formula is C17H23N3OS. The summed E-state index contributed by atoms with van der Waals surface area (Å²) in [5.41, 5.74) is 1.88. The summed E-state index contributed by atoms with van der Waals surface area (Å²) < 4.78 is 0. The Hall–Kier alpha value is -1.38. The highest BCUT2D eigenvalue weighted by Gasteiger charge is 2.22. The highest BCUT2D eigenvalue weighted by Crippen LogP contribution is 2.37. The van der Waals surface area contributed by atoms with Gasteiger partial charge in [0.1, 0.15) is 11.1 Å². The fourth-order valence-electron chi connectivity index (χ4n) is 3.49. The Kier molecular flexibility index (Phi) is 5.12. The highest BCUT2D eigenvalue weighted by molar-refractivity contribution is 7.16. The van der Waals surface area contributed by atoms with Crippen molar-refractivity contribution in [2.45, 2.75) is 63.8 Å². The number of carbonyl (C=O) groups excluding carboxylic acids is 1. The molecule has 0 aliphatic heterocycles. The number of nitriles is 1. The Balaban J connectivity index is 1.59. The van der Waals surface area contributed by atoms with Crippen molar-refractivity contribution in [1.82, 2.24) is 5.32 Å². The summed E-state index contributed by atoms with van der Waals surface area (Å²) in [5, 5.41) is 16.5. The molecule has 2 N–H and O–H groups in total. The molecule has 1 aromatic heterocycles. The molecule has 118 valence electrons. The number of rotatable bonds is 4. The van der Waals surface area contributed by atoms with E-state index in [1.165, 1.54) is 49.0 Å². The average molecular weight is 317 g/mol. The molecule has 1 saturated carbocycles. The molecule has 22 heavy (non-hydrogen) atoms. The molecule has 0 aromatic carbocycles. The first-order valence-corrected chi connectivity index (χ1v) is 9.17. The Bertz CT molecular complexity index is 581. The van der Waals surface area contributed by atoms with E-state index in [9.17, 15) is 10.1 Å². The predicted molar refractivity (Wildman–Crippen MR) is 89.2 cm³/mol. The Morgan fingerprint density at radius 1 is 1.18 bits per heavy atom. The number of fused-ring (bicyclic) bond motifs is 1. The third kappa shape index (κ3) is 3.50. The van der Waals surface area contributed by atoms with Gasteiger partial charge in [0.05, 0.1) is 12.1 Å². The molecule has 0 radical (unpaired) electrons. The molecule has 4 nitrogen and oxygen atoms in total. The lowest BCUT2D eigenvalue weighted by Gasteiger charge is -2.22. The monoisotopic (exact) mass is 317 g/mol. The molecule has 0 bridgehead atoms. The van der Waals surface area contributed by atoms with E-state index in [4.69, 9.17) is 0 Å². The van der Waals surface area contributed by atoms with Crippen LogP contribution in [0.3, 0.4) is 0 Å². The number of carbonyl (C=O) groups is 1. The van der Waals surface area contributed by atoms with Gasteiger partial charge in [0.15, 0.2) is 0 Å². The number of hydrogen-bond donors (Lipinski definition) is 2. The lowest BCUT2D eigenvalue weighted by Crippen LogP contribution is -2.37. The number of amides is 1. The van der Waals surface area contributed by atoms with Crippen LogP contribution in [0.25, 0.3) is 0 Å². The van der Waals surface area contributed by atoms with Gasteiger partial charge in [-0.1, -0.05) is 19.3 Å². The number of nitrogens with zero attached hydrogens (tertiary/aromatic N) is 1. The number of hydrogen-bond acceptors (Lipinski definition) is 4. The molecule has 0 unspecified atom stereocenters. The standard InChI is InChI=1S/C17H23N3OS/c18-10-14-13-8-4-5-9-15(13)22-17(14)20-16(21)11-19-12-6-2-1-3-7-12/h12,19H,1-9,11H2,(H,20,21). The van der Waals surface area contributed by atoms with E-state index in [0.29, 0.717) is 18.2 Å². The fourth-order valence-corrected chi connectivity index (χ4v) is 4.74. The SMILES string of the molecule is N#Cc1c(NC(=O)CNC2CCCCC2)sc2c1CCCC2. The molecule has 1 heterocycles. The molecule has 1 fully saturated rings. The maximum atomic E-state index is 12.2. The summed E-state index contributed by atoms with van der Waals surface area (Å²) in [7, 11) is 0. The molecule has 0 atom stereocenters. The average Bonchev–Trinajstić information content (AvgIpc) is 2.91. The summed E-state index contributed by atoms with van der Waals surface area (Å²) in [6.07, 6.45) is 10.5. The second kappa shape index (κ2) is 7.26. The zero-order chi connectivity index (χ0) is 15.4. The fraction of sp³-hybridized carbons (Fsp3) is 0.647. The minimum Gasteiger partial charge on any atom is -0.315 e. The third-order valence-electron chi connectivity index (χ3n) is 4.69. The van der Waals surface area contributed by atoms with Crippen LogP contribution in [-0.2, 0) is 17.6 Å². The van der Waals surface area contributed by atoms with Crippen LogP contribution in [0.4, 0.5) is 5.00 Å². The van der Waals surface area contributed by atoms with Gasteiger partial charge in [-0.25, -0.2) is 0 Å². The molecule has 1 aromatic rings. The molecular weight excluding hydrogens is 294 g/mol. The van der Waals surface area contributed by atoms with Crippen LogP contribution in [0.15, 0.2) is 0 Å². The van der Waals surface area contributed by atoms with Gasteiger partial charge in [-0.05, 0) is 44.1 Å². The molecule has 0 saturated heterocycles. The second-order valence-electron chi connectivity index (χ2n) is 6.29. The van der Waals surface area contributed by atoms with E-state index in [1.54, 1.807) is 11.3 Å². The van der Waals surface area contributed by atoms with Gasteiger partial charge in [-0.3, -0.25) is 4.79 Å². The minimum absolute atomic E-state index is 0.0272. The number of anilines is 1. The predicted octanol–water partition coefficient (Wildman–Crippen LogP) is 3.36. The van der Waals surface area contributed by atoms with Crippen LogP contribution >= 0.6 is 11.3 Å². The van der Waals surface area contributed by atoms with Gasteiger partial charge in [-0.15, -0.1) is 11.3 Å². The van der Waals surface area contributed by atoms with Crippen molar-refractivity contribution in [3.05, 3.63) is 16.0 Å². The minimum atomic E-state index is -0.0272. The molecule has 5 heteroatoms. The largest absolute Gasteiger partial charge is 0.315 e. The van der Waals surface area contributed by atoms with Crippen LogP contribution in [-0.4, -0.2) is 18.5 Å². The maximum absolute atomic E-state index is 12.2. The number of thiophene rings is 1. The van der Waals surface area contributed by atoms with Gasteiger partial charge in [-0.2, -0.15) is 5.26 Å². The van der Waals surface area contributed by atoms with Gasteiger partial charge in [0.2, 0.25) is 5.91 Å². The van der Waals surface area contributed by atoms with E-state index in [1.807, 2.05) is 0 Å². The van der Waals surface area contributed by atoms with Crippen molar-refractivity contribution in [2.75, 3.05) is 11.9 Å². The quantitative estimate of drug-likeness (QED) is 0.895. The normalized spacial score (nSPS) is 18.5. The van der Waals surface area contributed by atoms with Crippen LogP contribution in [0, 0.1) is 11.3 Å². The van der Waals surface area contributed by atoms with E-state index in [-0.39, 0.29) is 5.91 Å². The highest BCUT2D eigenvalue weighted by atomic mass is 32.1. The number of nitrogens with one attached hydrogen (secondary N) is 2. The van der Waals surface area contributed by atoms with Crippen molar-refractivity contribution in [2.24, 2.45) is 0 Å². The molecule has 1 amide bonds. The first-order valence-electron chi connectivity index (χ1n) is 8.36. The maximum Gasteiger partial charge on any atom is 0.238 e. The molecule has 3 rings (SSSR count). The first kappa shape index (κ1) is 15.5. The van der Waals surface area contributed by atoms with Crippen LogP contribution < -0.4 is 10.6 Å². The smallest absolute Gasteiger partial charge is 0.238 e. The van der Waals surface area contributed by atoms with Crippen molar-refractivity contribution in [1.29, 1.82) is 5.26 Å². The summed E-state index contributed by atoms with van der Waals surface area (Å²) in [6, 6.07) is 2.77. The van der Waals surface area contributed by atoms with Gasteiger partial charge in [0, 0.05) is 10.9 Å². The van der Waals surface area contributed by atoms with Crippen molar-refractivity contribution >= 4 is 22.2 Å².